The number of fused-ring (bicyclic) bond motifs is 5. The molecule has 2 atom stereocenters. The first-order chi connectivity index (χ1) is 11.9. The van der Waals surface area contributed by atoms with Crippen molar-refractivity contribution in [3.8, 4) is 0 Å². The summed E-state index contributed by atoms with van der Waals surface area (Å²) in [5.74, 6) is 0.310. The van der Waals surface area contributed by atoms with Gasteiger partial charge >= 0.3 is 0 Å². The lowest BCUT2D eigenvalue weighted by Crippen LogP contribution is -2.48. The summed E-state index contributed by atoms with van der Waals surface area (Å²) in [5, 5.41) is 1.12. The Morgan fingerprint density at radius 3 is 2.72 bits per heavy atom. The first-order valence-corrected chi connectivity index (χ1v) is 10.5. The summed E-state index contributed by atoms with van der Waals surface area (Å²) in [7, 11) is -3.21. The first-order valence-electron chi connectivity index (χ1n) is 8.70. The molecule has 2 bridgehead atoms. The molecule has 0 radical (unpaired) electrons. The van der Waals surface area contributed by atoms with Crippen LogP contribution in [0.1, 0.15) is 12.8 Å². The van der Waals surface area contributed by atoms with Gasteiger partial charge in [0.25, 0.3) is 0 Å². The second-order valence-electron chi connectivity index (χ2n) is 7.23. The first kappa shape index (κ1) is 16.6. The third-order valence-electron chi connectivity index (χ3n) is 5.46. The smallest absolute Gasteiger partial charge is 0.242 e. The molecule has 3 saturated heterocycles. The quantitative estimate of drug-likeness (QED) is 0.833. The lowest BCUT2D eigenvalue weighted by atomic mass is 9.95. The highest BCUT2D eigenvalue weighted by molar-refractivity contribution is 7.88. The number of hydrogen-bond donors (Lipinski definition) is 0. The van der Waals surface area contributed by atoms with Crippen LogP contribution in [-0.4, -0.2) is 60.0 Å². The van der Waals surface area contributed by atoms with Crippen molar-refractivity contribution in [3.05, 3.63) is 36.5 Å². The van der Waals surface area contributed by atoms with E-state index in [0.717, 1.165) is 23.7 Å². The molecule has 4 heterocycles. The van der Waals surface area contributed by atoms with Crippen LogP contribution < -0.4 is 0 Å². The highest BCUT2D eigenvalue weighted by Crippen LogP contribution is 2.29. The van der Waals surface area contributed by atoms with Gasteiger partial charge in [0.15, 0.2) is 0 Å². The van der Waals surface area contributed by atoms with Gasteiger partial charge in [0.1, 0.15) is 6.54 Å². The van der Waals surface area contributed by atoms with E-state index in [9.17, 15) is 13.2 Å². The second kappa shape index (κ2) is 6.14. The van der Waals surface area contributed by atoms with Crippen LogP contribution in [0.2, 0.25) is 0 Å². The van der Waals surface area contributed by atoms with Crippen LogP contribution in [0, 0.1) is 5.92 Å². The van der Waals surface area contributed by atoms with Gasteiger partial charge in [-0.1, -0.05) is 18.2 Å². The summed E-state index contributed by atoms with van der Waals surface area (Å²) >= 11 is 0. The molecule has 7 heteroatoms. The number of benzene rings is 1. The summed E-state index contributed by atoms with van der Waals surface area (Å²) < 4.78 is 27.4. The van der Waals surface area contributed by atoms with Crippen molar-refractivity contribution >= 4 is 26.8 Å². The fourth-order valence-electron chi connectivity index (χ4n) is 4.13. The molecular formula is C18H23N3O3S. The maximum atomic E-state index is 12.9. The van der Waals surface area contributed by atoms with E-state index >= 15 is 0 Å². The minimum Gasteiger partial charge on any atom is -0.338 e. The van der Waals surface area contributed by atoms with E-state index < -0.39 is 10.0 Å². The van der Waals surface area contributed by atoms with Crippen LogP contribution in [0.25, 0.3) is 10.9 Å². The number of rotatable bonds is 3. The van der Waals surface area contributed by atoms with Gasteiger partial charge < -0.3 is 9.47 Å². The van der Waals surface area contributed by atoms with Crippen molar-refractivity contribution in [3.63, 3.8) is 0 Å². The third-order valence-corrected chi connectivity index (χ3v) is 6.69. The van der Waals surface area contributed by atoms with Gasteiger partial charge in [0, 0.05) is 37.4 Å². The highest BCUT2D eigenvalue weighted by Gasteiger charge is 2.39. The molecule has 0 spiro atoms. The molecule has 0 N–H and O–H groups in total. The average molecular weight is 361 g/mol. The number of sulfonamides is 1. The van der Waals surface area contributed by atoms with E-state index in [2.05, 4.69) is 0 Å². The number of hydrogen-bond acceptors (Lipinski definition) is 3. The number of nitrogens with zero attached hydrogens (tertiary/aromatic N) is 3. The monoisotopic (exact) mass is 361 g/mol. The van der Waals surface area contributed by atoms with Crippen molar-refractivity contribution in [2.24, 2.45) is 5.92 Å². The number of amides is 1. The molecule has 25 heavy (non-hydrogen) atoms. The molecule has 0 unspecified atom stereocenters. The van der Waals surface area contributed by atoms with Gasteiger partial charge in [-0.3, -0.25) is 4.79 Å². The zero-order chi connectivity index (χ0) is 17.6. The Kier molecular flexibility index (Phi) is 4.08. The van der Waals surface area contributed by atoms with Crippen LogP contribution in [0.5, 0.6) is 0 Å². The number of para-hydroxylation sites is 1. The van der Waals surface area contributed by atoms with Crippen LogP contribution in [0.3, 0.4) is 0 Å². The molecule has 1 amide bonds. The molecule has 1 aromatic heterocycles. The predicted molar refractivity (Wildman–Crippen MR) is 96.6 cm³/mol. The Morgan fingerprint density at radius 1 is 1.12 bits per heavy atom. The number of carbonyl (C=O) groups is 1. The fraction of sp³-hybridized carbons (Fsp3) is 0.500. The van der Waals surface area contributed by atoms with Crippen molar-refractivity contribution in [2.45, 2.75) is 25.4 Å². The zero-order valence-corrected chi connectivity index (χ0v) is 15.2. The van der Waals surface area contributed by atoms with E-state index in [1.54, 1.807) is 4.31 Å². The van der Waals surface area contributed by atoms with Crippen molar-refractivity contribution in [1.82, 2.24) is 13.8 Å². The maximum absolute atomic E-state index is 12.9. The number of carbonyl (C=O) groups excluding carboxylic acids is 1. The molecule has 0 aliphatic carbocycles. The molecule has 3 aliphatic rings. The van der Waals surface area contributed by atoms with Gasteiger partial charge in [0.05, 0.1) is 6.26 Å². The van der Waals surface area contributed by atoms with Crippen LogP contribution in [-0.2, 0) is 21.4 Å². The predicted octanol–water partition coefficient (Wildman–Crippen LogP) is 1.52. The van der Waals surface area contributed by atoms with Gasteiger partial charge in [-0.2, -0.15) is 4.31 Å². The fourth-order valence-corrected chi connectivity index (χ4v) is 5.05. The van der Waals surface area contributed by atoms with Gasteiger partial charge in [-0.15, -0.1) is 0 Å². The minimum atomic E-state index is -3.21. The molecule has 1 aromatic carbocycles. The van der Waals surface area contributed by atoms with Crippen molar-refractivity contribution in [1.29, 1.82) is 0 Å². The summed E-state index contributed by atoms with van der Waals surface area (Å²) in [6.45, 7) is 1.92. The lowest BCUT2D eigenvalue weighted by Gasteiger charge is -2.36. The Balaban J connectivity index is 1.55. The molecule has 0 saturated carbocycles. The zero-order valence-electron chi connectivity index (χ0n) is 14.3. The molecule has 3 aliphatic heterocycles. The summed E-state index contributed by atoms with van der Waals surface area (Å²) in [6, 6.07) is 10.0. The van der Waals surface area contributed by atoms with E-state index in [4.69, 9.17) is 0 Å². The van der Waals surface area contributed by atoms with Crippen LogP contribution in [0.4, 0.5) is 0 Å². The van der Waals surface area contributed by atoms with Crippen LogP contribution in [0.15, 0.2) is 36.5 Å². The van der Waals surface area contributed by atoms with Crippen LogP contribution >= 0.6 is 0 Å². The van der Waals surface area contributed by atoms with Crippen molar-refractivity contribution in [2.75, 3.05) is 25.9 Å². The molecule has 2 aromatic rings. The Labute approximate surface area is 148 Å². The largest absolute Gasteiger partial charge is 0.338 e. The Bertz CT molecular complexity index is 905. The van der Waals surface area contributed by atoms with Gasteiger partial charge in [0.2, 0.25) is 15.9 Å². The number of aromatic nitrogens is 1. The van der Waals surface area contributed by atoms with Gasteiger partial charge in [-0.05, 0) is 36.3 Å². The SMILES string of the molecule is CS(=O)(=O)N1C[C@@H]2CC[C@H](C1)N(C(=O)Cn1ccc3ccccc31)C2. The molecule has 134 valence electrons. The third kappa shape index (κ3) is 3.18. The van der Waals surface area contributed by atoms with Crippen molar-refractivity contribution < 1.29 is 13.2 Å². The Morgan fingerprint density at radius 2 is 1.92 bits per heavy atom. The topological polar surface area (TPSA) is 62.6 Å². The summed E-state index contributed by atoms with van der Waals surface area (Å²) in [5.41, 5.74) is 1.05. The van der Waals surface area contributed by atoms with E-state index in [0.29, 0.717) is 26.2 Å². The standard InChI is InChI=1S/C18H23N3O3S/c1-25(23,24)20-10-14-6-7-16(12-20)21(11-14)18(22)13-19-9-8-15-4-2-3-5-17(15)19/h2-5,8-9,14,16H,6-7,10-13H2,1H3/t14-,16+/m0/s1. The molecular weight excluding hydrogens is 338 g/mol. The lowest BCUT2D eigenvalue weighted by molar-refractivity contribution is -0.135. The molecule has 6 nitrogen and oxygen atoms in total. The van der Waals surface area contributed by atoms with E-state index in [1.165, 1.54) is 6.26 Å². The minimum absolute atomic E-state index is 0.0113. The molecule has 3 fully saturated rings. The second-order valence-corrected chi connectivity index (χ2v) is 9.21. The summed E-state index contributed by atoms with van der Waals surface area (Å²) in [6.07, 6.45) is 5.08. The Hall–Kier alpha value is -1.86. The number of piperidine rings is 1. The van der Waals surface area contributed by atoms with E-state index in [-0.39, 0.29) is 17.9 Å². The highest BCUT2D eigenvalue weighted by atomic mass is 32.2. The van der Waals surface area contributed by atoms with Gasteiger partial charge in [-0.25, -0.2) is 8.42 Å². The average Bonchev–Trinajstić information content (AvgIpc) is 2.76. The van der Waals surface area contributed by atoms with E-state index in [1.807, 2.05) is 46.0 Å². The normalized spacial score (nSPS) is 24.6. The molecule has 5 rings (SSSR count). The summed E-state index contributed by atoms with van der Waals surface area (Å²) in [4.78, 5) is 14.9. The maximum Gasteiger partial charge on any atom is 0.242 e.